The Bertz CT molecular complexity index is 402. The lowest BCUT2D eigenvalue weighted by molar-refractivity contribution is -0.385. The van der Waals surface area contributed by atoms with Crippen LogP contribution >= 0.6 is 15.9 Å². The molecule has 0 aliphatic heterocycles. The van der Waals surface area contributed by atoms with E-state index in [2.05, 4.69) is 26.2 Å². The van der Waals surface area contributed by atoms with Gasteiger partial charge in [0.2, 0.25) is 0 Å². The minimum Gasteiger partial charge on any atom is -0.389 e. The van der Waals surface area contributed by atoms with Gasteiger partial charge in [-0.15, -0.1) is 0 Å². The number of aromatic nitrogens is 1. The first-order chi connectivity index (χ1) is 8.04. The van der Waals surface area contributed by atoms with Crippen molar-refractivity contribution in [1.29, 1.82) is 0 Å². The van der Waals surface area contributed by atoms with E-state index < -0.39 is 11.0 Å². The Kier molecular flexibility index (Phi) is 5.26. The van der Waals surface area contributed by atoms with Crippen molar-refractivity contribution in [2.75, 3.05) is 25.6 Å². The fraction of sp³-hybridized carbons (Fsp3) is 0.444. The average Bonchev–Trinajstić information content (AvgIpc) is 2.27. The predicted octanol–water partition coefficient (Wildman–Crippen LogP) is 1.17. The molecule has 7 nitrogen and oxygen atoms in total. The summed E-state index contributed by atoms with van der Waals surface area (Å²) in [6.45, 7) is 0.453. The van der Waals surface area contributed by atoms with Crippen LogP contribution in [-0.4, -0.2) is 41.4 Å². The largest absolute Gasteiger partial charge is 0.389 e. The van der Waals surface area contributed by atoms with Crippen LogP contribution in [0.25, 0.3) is 0 Å². The average molecular weight is 306 g/mol. The predicted molar refractivity (Wildman–Crippen MR) is 65.0 cm³/mol. The topological polar surface area (TPSA) is 97.5 Å². The number of hydrogen-bond donors (Lipinski definition) is 2. The quantitative estimate of drug-likeness (QED) is 0.605. The van der Waals surface area contributed by atoms with E-state index in [1.807, 2.05) is 0 Å². The van der Waals surface area contributed by atoms with Gasteiger partial charge >= 0.3 is 0 Å². The summed E-state index contributed by atoms with van der Waals surface area (Å²) in [6, 6.07) is 1.35. The number of aliphatic hydroxyl groups excluding tert-OH is 1. The van der Waals surface area contributed by atoms with Crippen LogP contribution in [0.4, 0.5) is 11.5 Å². The fourth-order valence-corrected chi connectivity index (χ4v) is 1.60. The van der Waals surface area contributed by atoms with Gasteiger partial charge in [0.1, 0.15) is 12.0 Å². The molecule has 1 heterocycles. The summed E-state index contributed by atoms with van der Waals surface area (Å²) in [4.78, 5) is 13.8. The molecule has 1 unspecified atom stereocenters. The summed E-state index contributed by atoms with van der Waals surface area (Å²) in [6.07, 6.45) is 0.486. The van der Waals surface area contributed by atoms with Gasteiger partial charge in [0.25, 0.3) is 5.69 Å². The van der Waals surface area contributed by atoms with Crippen LogP contribution in [0.1, 0.15) is 0 Å². The highest BCUT2D eigenvalue weighted by atomic mass is 79.9. The maximum Gasteiger partial charge on any atom is 0.288 e. The first-order valence-corrected chi connectivity index (χ1v) is 5.54. The standard InChI is InChI=1S/C9H12BrN3O4/c1-17-5-7(14)4-12-9-8(10)2-6(3-11-9)13(15)16/h2-3,7,14H,4-5H2,1H3,(H,11,12). The minimum absolute atomic E-state index is 0.0973. The second-order valence-corrected chi connectivity index (χ2v) is 4.13. The Labute approximate surface area is 106 Å². The van der Waals surface area contributed by atoms with Gasteiger partial charge in [0.05, 0.1) is 22.1 Å². The molecule has 0 bridgehead atoms. The second-order valence-electron chi connectivity index (χ2n) is 3.27. The Morgan fingerprint density at radius 2 is 2.47 bits per heavy atom. The highest BCUT2D eigenvalue weighted by Gasteiger charge is 2.11. The molecular formula is C9H12BrN3O4. The second kappa shape index (κ2) is 6.48. The van der Waals surface area contributed by atoms with Crippen molar-refractivity contribution >= 4 is 27.4 Å². The van der Waals surface area contributed by atoms with Crippen LogP contribution in [0.2, 0.25) is 0 Å². The lowest BCUT2D eigenvalue weighted by Crippen LogP contribution is -2.24. The van der Waals surface area contributed by atoms with E-state index in [0.717, 1.165) is 6.20 Å². The van der Waals surface area contributed by atoms with Crippen molar-refractivity contribution in [3.05, 3.63) is 26.9 Å². The van der Waals surface area contributed by atoms with Crippen LogP contribution < -0.4 is 5.32 Å². The molecule has 1 aromatic heterocycles. The molecule has 8 heteroatoms. The third-order valence-electron chi connectivity index (χ3n) is 1.90. The van der Waals surface area contributed by atoms with Crippen molar-refractivity contribution in [3.8, 4) is 0 Å². The molecule has 0 aromatic carbocycles. The maximum atomic E-state index is 10.5. The first kappa shape index (κ1) is 13.8. The van der Waals surface area contributed by atoms with Crippen LogP contribution in [0, 0.1) is 10.1 Å². The Morgan fingerprint density at radius 1 is 1.76 bits per heavy atom. The summed E-state index contributed by atoms with van der Waals surface area (Å²) in [5, 5.41) is 22.7. The third kappa shape index (κ3) is 4.25. The molecule has 0 saturated heterocycles. The Balaban J connectivity index is 2.63. The van der Waals surface area contributed by atoms with E-state index in [-0.39, 0.29) is 18.8 Å². The SMILES string of the molecule is COCC(O)CNc1ncc([N+](=O)[O-])cc1Br. The molecule has 94 valence electrons. The zero-order valence-electron chi connectivity index (χ0n) is 9.09. The van der Waals surface area contributed by atoms with Gasteiger partial charge in [-0.25, -0.2) is 4.98 Å². The number of nitro groups is 1. The third-order valence-corrected chi connectivity index (χ3v) is 2.51. The van der Waals surface area contributed by atoms with Gasteiger partial charge < -0.3 is 15.2 Å². The number of halogens is 1. The molecular weight excluding hydrogens is 294 g/mol. The molecule has 1 atom stereocenters. The van der Waals surface area contributed by atoms with E-state index in [1.165, 1.54) is 13.2 Å². The number of nitrogens with one attached hydrogen (secondary N) is 1. The van der Waals surface area contributed by atoms with Gasteiger partial charge in [0.15, 0.2) is 0 Å². The molecule has 0 aliphatic carbocycles. The van der Waals surface area contributed by atoms with Crippen LogP contribution in [0.5, 0.6) is 0 Å². The van der Waals surface area contributed by atoms with Crippen molar-refractivity contribution < 1.29 is 14.8 Å². The van der Waals surface area contributed by atoms with E-state index in [4.69, 9.17) is 4.74 Å². The maximum absolute atomic E-state index is 10.5. The molecule has 1 aromatic rings. The molecule has 0 radical (unpaired) electrons. The number of anilines is 1. The molecule has 17 heavy (non-hydrogen) atoms. The highest BCUT2D eigenvalue weighted by molar-refractivity contribution is 9.10. The number of ether oxygens (including phenoxy) is 1. The summed E-state index contributed by atoms with van der Waals surface area (Å²) in [5.74, 6) is 0.436. The molecule has 0 saturated carbocycles. The van der Waals surface area contributed by atoms with E-state index >= 15 is 0 Å². The van der Waals surface area contributed by atoms with Gasteiger partial charge in [-0.1, -0.05) is 0 Å². The summed E-state index contributed by atoms with van der Waals surface area (Å²) in [5.41, 5.74) is -0.0973. The molecule has 2 N–H and O–H groups in total. The van der Waals surface area contributed by atoms with Crippen molar-refractivity contribution in [2.45, 2.75) is 6.10 Å². The zero-order chi connectivity index (χ0) is 12.8. The summed E-state index contributed by atoms with van der Waals surface area (Å²) >= 11 is 3.16. The van der Waals surface area contributed by atoms with Crippen LogP contribution in [0.3, 0.4) is 0 Å². The number of hydrogen-bond acceptors (Lipinski definition) is 6. The van der Waals surface area contributed by atoms with Crippen molar-refractivity contribution in [1.82, 2.24) is 4.98 Å². The van der Waals surface area contributed by atoms with Gasteiger partial charge in [-0.2, -0.15) is 0 Å². The van der Waals surface area contributed by atoms with Crippen molar-refractivity contribution in [3.63, 3.8) is 0 Å². The van der Waals surface area contributed by atoms with Crippen LogP contribution in [0.15, 0.2) is 16.7 Å². The number of aliphatic hydroxyl groups is 1. The first-order valence-electron chi connectivity index (χ1n) is 4.75. The molecule has 0 amide bonds. The Hall–Kier alpha value is -1.25. The monoisotopic (exact) mass is 305 g/mol. The molecule has 0 fully saturated rings. The van der Waals surface area contributed by atoms with E-state index in [9.17, 15) is 15.2 Å². The minimum atomic E-state index is -0.663. The normalized spacial score (nSPS) is 12.2. The lowest BCUT2D eigenvalue weighted by atomic mass is 10.3. The van der Waals surface area contributed by atoms with Crippen LogP contribution in [-0.2, 0) is 4.74 Å². The van der Waals surface area contributed by atoms with Gasteiger partial charge in [0, 0.05) is 19.7 Å². The number of pyridine rings is 1. The Morgan fingerprint density at radius 3 is 3.00 bits per heavy atom. The lowest BCUT2D eigenvalue weighted by Gasteiger charge is -2.11. The molecule has 0 aliphatic rings. The smallest absolute Gasteiger partial charge is 0.288 e. The number of nitrogens with zero attached hydrogens (tertiary/aromatic N) is 2. The van der Waals surface area contributed by atoms with Gasteiger partial charge in [-0.05, 0) is 15.9 Å². The fourth-order valence-electron chi connectivity index (χ4n) is 1.12. The molecule has 1 rings (SSSR count). The van der Waals surface area contributed by atoms with E-state index in [1.54, 1.807) is 0 Å². The summed E-state index contributed by atoms with van der Waals surface area (Å²) in [7, 11) is 1.49. The number of methoxy groups -OCH3 is 1. The highest BCUT2D eigenvalue weighted by Crippen LogP contribution is 2.24. The molecule has 0 spiro atoms. The van der Waals surface area contributed by atoms with Gasteiger partial charge in [-0.3, -0.25) is 10.1 Å². The zero-order valence-corrected chi connectivity index (χ0v) is 10.7. The van der Waals surface area contributed by atoms with E-state index in [0.29, 0.717) is 10.3 Å². The summed E-state index contributed by atoms with van der Waals surface area (Å²) < 4.78 is 5.23. The number of rotatable bonds is 6. The van der Waals surface area contributed by atoms with Crippen molar-refractivity contribution in [2.24, 2.45) is 0 Å².